The number of pyridine rings is 1. The number of hydrogen-bond donors (Lipinski definition) is 4. The lowest BCUT2D eigenvalue weighted by atomic mass is 9.70. The second-order valence-corrected chi connectivity index (χ2v) is 8.15. The predicted molar refractivity (Wildman–Crippen MR) is 108 cm³/mol. The topological polar surface area (TPSA) is 85.4 Å². The van der Waals surface area contributed by atoms with Gasteiger partial charge in [-0.1, -0.05) is 24.6 Å². The van der Waals surface area contributed by atoms with Crippen molar-refractivity contribution in [3.05, 3.63) is 68.7 Å². The first-order valence-corrected chi connectivity index (χ1v) is 9.69. The fourth-order valence-electron chi connectivity index (χ4n) is 4.30. The molecule has 4 N–H and O–H groups in total. The van der Waals surface area contributed by atoms with E-state index in [0.29, 0.717) is 0 Å². The van der Waals surface area contributed by atoms with Crippen LogP contribution in [0.15, 0.2) is 41.2 Å². The van der Waals surface area contributed by atoms with Crippen LogP contribution in [0.5, 0.6) is 5.75 Å². The number of fused-ring (bicyclic) bond motifs is 2. The van der Waals surface area contributed by atoms with Crippen molar-refractivity contribution in [3.63, 3.8) is 0 Å². The van der Waals surface area contributed by atoms with E-state index in [4.69, 9.17) is 11.6 Å². The molecule has 0 saturated carbocycles. The third kappa shape index (κ3) is 3.41. The van der Waals surface area contributed by atoms with Gasteiger partial charge in [0.15, 0.2) is 5.60 Å². The van der Waals surface area contributed by atoms with E-state index < -0.39 is 41.5 Å². The van der Waals surface area contributed by atoms with Gasteiger partial charge in [0.2, 0.25) is 5.56 Å². The molecule has 5 nitrogen and oxygen atoms in total. The van der Waals surface area contributed by atoms with Crippen molar-refractivity contribution >= 4 is 28.2 Å². The number of halogens is 5. The van der Waals surface area contributed by atoms with Gasteiger partial charge in [0, 0.05) is 22.7 Å². The zero-order valence-electron chi connectivity index (χ0n) is 16.0. The minimum absolute atomic E-state index is 0.0117. The van der Waals surface area contributed by atoms with Crippen molar-refractivity contribution in [2.45, 2.75) is 37.1 Å². The van der Waals surface area contributed by atoms with Crippen molar-refractivity contribution in [3.8, 4) is 5.75 Å². The molecule has 164 valence electrons. The number of benzene rings is 2. The van der Waals surface area contributed by atoms with Crippen LogP contribution in [0.25, 0.3) is 10.9 Å². The van der Waals surface area contributed by atoms with E-state index >= 15 is 0 Å². The SMILES string of the molecule is C[C@@H]1C[C@](O)(C(F)(F)F)[C@@H](Nc2cc(F)cc3[nH]c(=O)ccc23)c2ccc(Cl)c(O)c21. The lowest BCUT2D eigenvalue weighted by Crippen LogP contribution is -2.55. The highest BCUT2D eigenvalue weighted by atomic mass is 35.5. The standard InChI is InChI=1S/C21H17ClF4N2O3/c1-9-8-20(31,21(24,25)26)19(12-2-4-13(22)18(30)17(9)12)28-15-7-10(23)6-14-11(15)3-5-16(29)27-14/h2-7,9,19,28,30-31H,8H2,1H3,(H,27,29)/t9-,19+,20-/m1/s1. The number of aromatic nitrogens is 1. The van der Waals surface area contributed by atoms with Crippen molar-refractivity contribution in [2.24, 2.45) is 0 Å². The van der Waals surface area contributed by atoms with E-state index in [-0.39, 0.29) is 38.5 Å². The lowest BCUT2D eigenvalue weighted by molar-refractivity contribution is -0.272. The molecule has 2 aromatic carbocycles. The quantitative estimate of drug-likeness (QED) is 0.410. The van der Waals surface area contributed by atoms with E-state index in [9.17, 15) is 32.6 Å². The van der Waals surface area contributed by atoms with Crippen LogP contribution >= 0.6 is 11.6 Å². The number of alkyl halides is 3. The summed E-state index contributed by atoms with van der Waals surface area (Å²) in [4.78, 5) is 14.0. The number of aromatic hydroxyl groups is 1. The summed E-state index contributed by atoms with van der Waals surface area (Å²) in [5.41, 5.74) is -3.55. The number of H-pyrrole nitrogens is 1. The minimum atomic E-state index is -5.04. The van der Waals surface area contributed by atoms with E-state index in [2.05, 4.69) is 10.3 Å². The zero-order valence-corrected chi connectivity index (χ0v) is 16.8. The summed E-state index contributed by atoms with van der Waals surface area (Å²) in [6.45, 7) is 1.45. The van der Waals surface area contributed by atoms with Crippen LogP contribution in [-0.4, -0.2) is 27.0 Å². The number of anilines is 1. The first-order valence-electron chi connectivity index (χ1n) is 9.32. The molecule has 1 aromatic heterocycles. The molecule has 10 heteroatoms. The first kappa shape index (κ1) is 21.5. The van der Waals surface area contributed by atoms with Gasteiger partial charge >= 0.3 is 6.18 Å². The van der Waals surface area contributed by atoms with Gasteiger partial charge in [-0.2, -0.15) is 13.2 Å². The third-order valence-electron chi connectivity index (χ3n) is 5.70. The van der Waals surface area contributed by atoms with E-state index in [1.54, 1.807) is 0 Å². The van der Waals surface area contributed by atoms with Gasteiger partial charge in [0.05, 0.1) is 16.6 Å². The van der Waals surface area contributed by atoms with Gasteiger partial charge in [-0.15, -0.1) is 0 Å². The maximum atomic E-state index is 14.2. The summed E-state index contributed by atoms with van der Waals surface area (Å²) in [5, 5.41) is 24.1. The second-order valence-electron chi connectivity index (χ2n) is 7.74. The molecular formula is C21H17ClF4N2O3. The van der Waals surface area contributed by atoms with Crippen LogP contribution in [0, 0.1) is 5.82 Å². The average molecular weight is 457 g/mol. The molecule has 1 heterocycles. The van der Waals surface area contributed by atoms with Crippen molar-refractivity contribution < 1.29 is 27.8 Å². The molecule has 0 spiro atoms. The summed E-state index contributed by atoms with van der Waals surface area (Å²) in [6, 6.07) is 5.27. The number of phenolic OH excluding ortho intramolecular Hbond substituents is 1. The highest BCUT2D eigenvalue weighted by Gasteiger charge is 2.62. The largest absolute Gasteiger partial charge is 0.506 e. The molecule has 1 aliphatic carbocycles. The van der Waals surface area contributed by atoms with Crippen molar-refractivity contribution in [1.82, 2.24) is 4.98 Å². The third-order valence-corrected chi connectivity index (χ3v) is 6.00. The molecule has 4 rings (SSSR count). The van der Waals surface area contributed by atoms with Crippen LogP contribution in [0.2, 0.25) is 5.02 Å². The Morgan fingerprint density at radius 2 is 1.94 bits per heavy atom. The highest BCUT2D eigenvalue weighted by Crippen LogP contribution is 2.55. The fraction of sp³-hybridized carbons (Fsp3) is 0.286. The van der Waals surface area contributed by atoms with Crippen LogP contribution in [-0.2, 0) is 0 Å². The molecule has 0 bridgehead atoms. The molecule has 0 unspecified atom stereocenters. The van der Waals surface area contributed by atoms with Crippen LogP contribution < -0.4 is 10.9 Å². The smallest absolute Gasteiger partial charge is 0.419 e. The van der Waals surface area contributed by atoms with Gasteiger partial charge < -0.3 is 20.5 Å². The maximum Gasteiger partial charge on any atom is 0.419 e. The Hall–Kier alpha value is -2.78. The van der Waals surface area contributed by atoms with E-state index in [0.717, 1.165) is 18.2 Å². The number of aromatic amines is 1. The molecule has 0 radical (unpaired) electrons. The summed E-state index contributed by atoms with van der Waals surface area (Å²) < 4.78 is 56.4. The Balaban J connectivity index is 1.95. The Bertz CT molecular complexity index is 1240. The molecular weight excluding hydrogens is 440 g/mol. The van der Waals surface area contributed by atoms with Crippen molar-refractivity contribution in [1.29, 1.82) is 0 Å². The van der Waals surface area contributed by atoms with Crippen LogP contribution in [0.3, 0.4) is 0 Å². The highest BCUT2D eigenvalue weighted by molar-refractivity contribution is 6.32. The number of rotatable bonds is 2. The molecule has 3 aromatic rings. The molecule has 31 heavy (non-hydrogen) atoms. The molecule has 0 saturated heterocycles. The predicted octanol–water partition coefficient (Wildman–Crippen LogP) is 4.98. The van der Waals surface area contributed by atoms with Gasteiger partial charge in [0.25, 0.3) is 0 Å². The number of phenols is 1. The normalized spacial score (nSPS) is 23.6. The molecule has 1 aliphatic rings. The van der Waals surface area contributed by atoms with Gasteiger partial charge in [-0.05, 0) is 42.2 Å². The lowest BCUT2D eigenvalue weighted by Gasteiger charge is -2.45. The molecule has 0 fully saturated rings. The maximum absolute atomic E-state index is 14.2. The summed E-state index contributed by atoms with van der Waals surface area (Å²) >= 11 is 5.96. The summed E-state index contributed by atoms with van der Waals surface area (Å²) in [7, 11) is 0. The Kier molecular flexibility index (Phi) is 4.94. The van der Waals surface area contributed by atoms with Crippen LogP contribution in [0.1, 0.15) is 36.4 Å². The number of aliphatic hydroxyl groups is 1. The molecule has 0 amide bonds. The molecule has 0 aliphatic heterocycles. The summed E-state index contributed by atoms with van der Waals surface area (Å²) in [6.07, 6.45) is -5.79. The van der Waals surface area contributed by atoms with E-state index in [1.807, 2.05) is 0 Å². The van der Waals surface area contributed by atoms with E-state index in [1.165, 1.54) is 25.1 Å². The van der Waals surface area contributed by atoms with Gasteiger partial charge in [0.1, 0.15) is 11.6 Å². The average Bonchev–Trinajstić information content (AvgIpc) is 2.65. The molecule has 3 atom stereocenters. The Labute approximate surface area is 178 Å². The second kappa shape index (κ2) is 7.13. The fourth-order valence-corrected chi connectivity index (χ4v) is 4.46. The Morgan fingerprint density at radius 1 is 1.23 bits per heavy atom. The zero-order chi connectivity index (χ0) is 22.7. The Morgan fingerprint density at radius 3 is 2.61 bits per heavy atom. The monoisotopic (exact) mass is 456 g/mol. The first-order chi connectivity index (χ1) is 14.4. The summed E-state index contributed by atoms with van der Waals surface area (Å²) in [5.74, 6) is -2.02. The van der Waals surface area contributed by atoms with Crippen LogP contribution in [0.4, 0.5) is 23.2 Å². The van der Waals surface area contributed by atoms with Gasteiger partial charge in [-0.25, -0.2) is 4.39 Å². The minimum Gasteiger partial charge on any atom is -0.506 e. The van der Waals surface area contributed by atoms with Gasteiger partial charge in [-0.3, -0.25) is 4.79 Å². The number of hydrogen-bond acceptors (Lipinski definition) is 4. The van der Waals surface area contributed by atoms with Crippen molar-refractivity contribution in [2.75, 3.05) is 5.32 Å². The number of nitrogens with one attached hydrogen (secondary N) is 2.